The summed E-state index contributed by atoms with van der Waals surface area (Å²) in [5.41, 5.74) is 5.93. The molecule has 1 aromatic carbocycles. The van der Waals surface area contributed by atoms with Crippen molar-refractivity contribution in [1.82, 2.24) is 4.90 Å². The van der Waals surface area contributed by atoms with Gasteiger partial charge >= 0.3 is 0 Å². The Kier molecular flexibility index (Phi) is 6.72. The maximum atomic E-state index is 13.6. The lowest BCUT2D eigenvalue weighted by Crippen LogP contribution is -2.42. The van der Waals surface area contributed by atoms with E-state index >= 15 is 0 Å². The first-order valence-corrected chi connectivity index (χ1v) is 6.90. The van der Waals surface area contributed by atoms with E-state index in [4.69, 9.17) is 17.3 Å². The molecule has 1 amide bonds. The average molecular weight is 321 g/mol. The summed E-state index contributed by atoms with van der Waals surface area (Å²) in [6.07, 6.45) is 2.03. The number of benzene rings is 1. The monoisotopic (exact) mass is 320 g/mol. The van der Waals surface area contributed by atoms with Crippen molar-refractivity contribution < 1.29 is 9.18 Å². The van der Waals surface area contributed by atoms with Gasteiger partial charge in [-0.3, -0.25) is 4.79 Å². The Morgan fingerprint density at radius 2 is 2.25 bits per heavy atom. The van der Waals surface area contributed by atoms with E-state index < -0.39 is 5.82 Å². The fourth-order valence-corrected chi connectivity index (χ4v) is 2.68. The van der Waals surface area contributed by atoms with Crippen molar-refractivity contribution in [2.75, 3.05) is 19.6 Å². The first kappa shape index (κ1) is 17.2. The normalized spacial score (nSPS) is 18.6. The summed E-state index contributed by atoms with van der Waals surface area (Å²) in [4.78, 5) is 14.0. The van der Waals surface area contributed by atoms with Crippen LogP contribution in [0.3, 0.4) is 0 Å². The Balaban J connectivity index is 0.00000200. The lowest BCUT2D eigenvalue weighted by atomic mass is 9.97. The van der Waals surface area contributed by atoms with Crippen molar-refractivity contribution in [2.45, 2.75) is 19.3 Å². The molecule has 0 aromatic heterocycles. The van der Waals surface area contributed by atoms with E-state index in [2.05, 4.69) is 0 Å². The zero-order valence-electron chi connectivity index (χ0n) is 11.1. The number of hydrogen-bond acceptors (Lipinski definition) is 2. The van der Waals surface area contributed by atoms with Crippen LogP contribution in [0.2, 0.25) is 5.02 Å². The molecule has 1 fully saturated rings. The van der Waals surface area contributed by atoms with Gasteiger partial charge in [-0.15, -0.1) is 12.4 Å². The van der Waals surface area contributed by atoms with Gasteiger partial charge in [0.25, 0.3) is 0 Å². The first-order chi connectivity index (χ1) is 9.11. The fraction of sp³-hybridized carbons (Fsp3) is 0.500. The highest BCUT2D eigenvalue weighted by Crippen LogP contribution is 2.22. The van der Waals surface area contributed by atoms with Crippen LogP contribution in [0.15, 0.2) is 18.2 Å². The van der Waals surface area contributed by atoms with Gasteiger partial charge < -0.3 is 10.6 Å². The van der Waals surface area contributed by atoms with E-state index in [1.165, 1.54) is 12.1 Å². The Hall–Kier alpha value is -0.840. The second-order valence-corrected chi connectivity index (χ2v) is 5.37. The zero-order valence-corrected chi connectivity index (χ0v) is 12.7. The molecule has 3 nitrogen and oxygen atoms in total. The van der Waals surface area contributed by atoms with Crippen LogP contribution >= 0.6 is 24.0 Å². The molecule has 1 aliphatic rings. The summed E-state index contributed by atoms with van der Waals surface area (Å²) in [7, 11) is 0. The van der Waals surface area contributed by atoms with Crippen molar-refractivity contribution in [3.8, 4) is 0 Å². The molecular formula is C14H19Cl2FN2O. The number of amides is 1. The predicted molar refractivity (Wildman–Crippen MR) is 80.7 cm³/mol. The molecule has 1 aromatic rings. The van der Waals surface area contributed by atoms with Gasteiger partial charge in [-0.2, -0.15) is 0 Å². The largest absolute Gasteiger partial charge is 0.342 e. The van der Waals surface area contributed by atoms with E-state index in [9.17, 15) is 9.18 Å². The Morgan fingerprint density at radius 1 is 1.50 bits per heavy atom. The summed E-state index contributed by atoms with van der Waals surface area (Å²) < 4.78 is 13.6. The summed E-state index contributed by atoms with van der Waals surface area (Å²) in [6, 6.07) is 4.47. The highest BCUT2D eigenvalue weighted by molar-refractivity contribution is 6.31. The smallest absolute Gasteiger partial charge is 0.227 e. The Morgan fingerprint density at radius 3 is 2.90 bits per heavy atom. The van der Waals surface area contributed by atoms with Crippen LogP contribution in [-0.4, -0.2) is 30.4 Å². The number of nitrogens with zero attached hydrogens (tertiary/aromatic N) is 1. The molecule has 1 atom stereocenters. The second-order valence-electron chi connectivity index (χ2n) is 4.96. The number of likely N-dealkylation sites (tertiary alicyclic amines) is 1. The zero-order chi connectivity index (χ0) is 13.8. The molecule has 1 saturated heterocycles. The SMILES string of the molecule is Cl.NCC1CCCN(C(=O)Cc2c(F)cccc2Cl)C1. The summed E-state index contributed by atoms with van der Waals surface area (Å²) in [5, 5.41) is 0.306. The molecule has 112 valence electrons. The summed E-state index contributed by atoms with van der Waals surface area (Å²) in [5.74, 6) is -0.146. The minimum Gasteiger partial charge on any atom is -0.342 e. The van der Waals surface area contributed by atoms with Crippen LogP contribution in [0, 0.1) is 11.7 Å². The molecule has 6 heteroatoms. The maximum absolute atomic E-state index is 13.6. The van der Waals surface area contributed by atoms with Crippen LogP contribution in [0.4, 0.5) is 4.39 Å². The van der Waals surface area contributed by atoms with Gasteiger partial charge in [0.1, 0.15) is 5.82 Å². The quantitative estimate of drug-likeness (QED) is 0.930. The van der Waals surface area contributed by atoms with Crippen LogP contribution in [0.25, 0.3) is 0 Å². The minimum atomic E-state index is -0.423. The van der Waals surface area contributed by atoms with Crippen molar-refractivity contribution >= 4 is 29.9 Å². The lowest BCUT2D eigenvalue weighted by Gasteiger charge is -2.32. The van der Waals surface area contributed by atoms with Crippen molar-refractivity contribution in [2.24, 2.45) is 11.7 Å². The fourth-order valence-electron chi connectivity index (χ4n) is 2.45. The minimum absolute atomic E-state index is 0. The molecule has 0 spiro atoms. The van der Waals surface area contributed by atoms with Crippen LogP contribution in [-0.2, 0) is 11.2 Å². The molecule has 0 bridgehead atoms. The van der Waals surface area contributed by atoms with Gasteiger partial charge in [0, 0.05) is 23.7 Å². The number of carbonyl (C=O) groups is 1. The highest BCUT2D eigenvalue weighted by Gasteiger charge is 2.24. The first-order valence-electron chi connectivity index (χ1n) is 6.52. The molecule has 0 radical (unpaired) electrons. The molecule has 2 rings (SSSR count). The second kappa shape index (κ2) is 7.81. The highest BCUT2D eigenvalue weighted by atomic mass is 35.5. The van der Waals surface area contributed by atoms with Crippen LogP contribution < -0.4 is 5.73 Å². The van der Waals surface area contributed by atoms with E-state index in [1.807, 2.05) is 0 Å². The number of piperidine rings is 1. The third-order valence-corrected chi connectivity index (χ3v) is 3.95. The van der Waals surface area contributed by atoms with E-state index in [-0.39, 0.29) is 30.3 Å². The number of hydrogen-bond donors (Lipinski definition) is 1. The standard InChI is InChI=1S/C14H18ClFN2O.ClH/c15-12-4-1-5-13(16)11(12)7-14(19)18-6-2-3-10(8-17)9-18;/h1,4-5,10H,2-3,6-9,17H2;1H. The van der Waals surface area contributed by atoms with E-state index in [1.54, 1.807) is 11.0 Å². The molecule has 2 N–H and O–H groups in total. The lowest BCUT2D eigenvalue weighted by molar-refractivity contribution is -0.132. The van der Waals surface area contributed by atoms with Crippen molar-refractivity contribution in [1.29, 1.82) is 0 Å². The molecule has 0 saturated carbocycles. The molecule has 0 aliphatic carbocycles. The van der Waals surface area contributed by atoms with Crippen molar-refractivity contribution in [3.63, 3.8) is 0 Å². The predicted octanol–water partition coefficient (Wildman–Crippen LogP) is 2.64. The number of nitrogens with two attached hydrogens (primary N) is 1. The van der Waals surface area contributed by atoms with Crippen molar-refractivity contribution in [3.05, 3.63) is 34.6 Å². The number of rotatable bonds is 3. The Bertz CT molecular complexity index is 450. The average Bonchev–Trinajstić information content (AvgIpc) is 2.43. The van der Waals surface area contributed by atoms with Crippen LogP contribution in [0.1, 0.15) is 18.4 Å². The molecule has 1 unspecified atom stereocenters. The van der Waals surface area contributed by atoms with E-state index in [0.29, 0.717) is 24.0 Å². The van der Waals surface area contributed by atoms with Gasteiger partial charge in [0.05, 0.1) is 6.42 Å². The number of halogens is 3. The summed E-state index contributed by atoms with van der Waals surface area (Å²) >= 11 is 5.94. The van der Waals surface area contributed by atoms with E-state index in [0.717, 1.165) is 19.4 Å². The number of carbonyl (C=O) groups excluding carboxylic acids is 1. The molecule has 1 heterocycles. The summed E-state index contributed by atoms with van der Waals surface area (Å²) in [6.45, 7) is 1.98. The Labute approximate surface area is 129 Å². The van der Waals surface area contributed by atoms with Gasteiger partial charge in [0.15, 0.2) is 0 Å². The van der Waals surface area contributed by atoms with Crippen LogP contribution in [0.5, 0.6) is 0 Å². The molecular weight excluding hydrogens is 302 g/mol. The third-order valence-electron chi connectivity index (χ3n) is 3.59. The van der Waals surface area contributed by atoms with Gasteiger partial charge in [-0.05, 0) is 37.4 Å². The maximum Gasteiger partial charge on any atom is 0.227 e. The molecule has 1 aliphatic heterocycles. The topological polar surface area (TPSA) is 46.3 Å². The van der Waals surface area contributed by atoms with Gasteiger partial charge in [-0.1, -0.05) is 17.7 Å². The molecule has 20 heavy (non-hydrogen) atoms. The van der Waals surface area contributed by atoms with Gasteiger partial charge in [-0.25, -0.2) is 4.39 Å². The van der Waals surface area contributed by atoms with Gasteiger partial charge in [0.2, 0.25) is 5.91 Å². The third kappa shape index (κ3) is 4.08.